The van der Waals surface area contributed by atoms with Crippen molar-refractivity contribution in [1.29, 1.82) is 0 Å². The molecule has 94 valence electrons. The van der Waals surface area contributed by atoms with Gasteiger partial charge in [-0.1, -0.05) is 37.6 Å². The third-order valence-corrected chi connectivity index (χ3v) is 3.48. The molecule has 0 aromatic heterocycles. The third kappa shape index (κ3) is 3.20. The molecule has 0 atom stereocenters. The lowest BCUT2D eigenvalue weighted by atomic mass is 9.93. The molecule has 0 heterocycles. The smallest absolute Gasteiger partial charge is 0.253 e. The van der Waals surface area contributed by atoms with Crippen molar-refractivity contribution < 1.29 is 9.90 Å². The topological polar surface area (TPSA) is 49.3 Å². The maximum Gasteiger partial charge on any atom is 0.253 e. The van der Waals surface area contributed by atoms with Gasteiger partial charge in [-0.25, -0.2) is 0 Å². The fourth-order valence-corrected chi connectivity index (χ4v) is 1.86. The van der Waals surface area contributed by atoms with Crippen molar-refractivity contribution in [1.82, 2.24) is 5.32 Å². The summed E-state index contributed by atoms with van der Waals surface area (Å²) in [5.41, 5.74) is -0.120. The van der Waals surface area contributed by atoms with E-state index in [0.29, 0.717) is 23.4 Å². The highest BCUT2D eigenvalue weighted by molar-refractivity contribution is 6.33. The summed E-state index contributed by atoms with van der Waals surface area (Å²) < 4.78 is 0. The number of rotatable bonds is 5. The van der Waals surface area contributed by atoms with Crippen LogP contribution in [0, 0.1) is 0 Å². The molecule has 0 saturated heterocycles. The molecule has 0 bridgehead atoms. The zero-order valence-corrected chi connectivity index (χ0v) is 10.9. The maximum absolute atomic E-state index is 12.1. The summed E-state index contributed by atoms with van der Waals surface area (Å²) >= 11 is 5.95. The molecule has 0 unspecified atom stereocenters. The first-order valence-corrected chi connectivity index (χ1v) is 6.14. The third-order valence-electron chi connectivity index (χ3n) is 3.15. The van der Waals surface area contributed by atoms with E-state index >= 15 is 0 Å². The molecule has 0 aliphatic rings. The molecule has 0 spiro atoms. The molecule has 3 nitrogen and oxygen atoms in total. The number of benzene rings is 1. The molecule has 1 rings (SSSR count). The van der Waals surface area contributed by atoms with Gasteiger partial charge >= 0.3 is 0 Å². The van der Waals surface area contributed by atoms with E-state index in [1.54, 1.807) is 24.3 Å². The summed E-state index contributed by atoms with van der Waals surface area (Å²) in [5.74, 6) is -0.242. The van der Waals surface area contributed by atoms with Gasteiger partial charge in [-0.2, -0.15) is 0 Å². The number of amides is 1. The Hall–Kier alpha value is -1.06. The van der Waals surface area contributed by atoms with Crippen LogP contribution in [0.4, 0.5) is 0 Å². The number of nitrogens with one attached hydrogen (secondary N) is 1. The van der Waals surface area contributed by atoms with Crippen molar-refractivity contribution in [2.75, 3.05) is 6.61 Å². The minimum Gasteiger partial charge on any atom is -0.394 e. The Labute approximate surface area is 107 Å². The SMILES string of the molecule is CCC(CC)(CO)NC(=O)c1ccccc1Cl. The first-order valence-electron chi connectivity index (χ1n) is 5.76. The highest BCUT2D eigenvalue weighted by Gasteiger charge is 2.28. The van der Waals surface area contributed by atoms with Gasteiger partial charge < -0.3 is 10.4 Å². The summed E-state index contributed by atoms with van der Waals surface area (Å²) in [6.07, 6.45) is 1.35. The lowest BCUT2D eigenvalue weighted by Gasteiger charge is -2.30. The van der Waals surface area contributed by atoms with Crippen LogP contribution in [-0.4, -0.2) is 23.2 Å². The van der Waals surface area contributed by atoms with Gasteiger partial charge in [0.05, 0.1) is 22.7 Å². The first kappa shape index (κ1) is 14.0. The van der Waals surface area contributed by atoms with Crippen LogP contribution in [0.2, 0.25) is 5.02 Å². The Kier molecular flexibility index (Phi) is 4.97. The molecule has 0 saturated carbocycles. The Morgan fingerprint density at radius 2 is 1.94 bits per heavy atom. The quantitative estimate of drug-likeness (QED) is 0.850. The van der Waals surface area contributed by atoms with E-state index in [1.807, 2.05) is 13.8 Å². The number of hydrogen-bond acceptors (Lipinski definition) is 2. The van der Waals surface area contributed by atoms with Crippen molar-refractivity contribution in [3.8, 4) is 0 Å². The molecule has 17 heavy (non-hydrogen) atoms. The standard InChI is InChI=1S/C13H18ClNO2/c1-3-13(4-2,9-16)15-12(17)10-7-5-6-8-11(10)14/h5-8,16H,3-4,9H2,1-2H3,(H,15,17). The van der Waals surface area contributed by atoms with Gasteiger partial charge in [-0.05, 0) is 25.0 Å². The van der Waals surface area contributed by atoms with E-state index in [9.17, 15) is 9.90 Å². The second-order valence-electron chi connectivity index (χ2n) is 4.08. The molecule has 2 N–H and O–H groups in total. The summed E-state index contributed by atoms with van der Waals surface area (Å²) in [6.45, 7) is 3.80. The molecule has 1 aromatic rings. The van der Waals surface area contributed by atoms with Gasteiger partial charge in [-0.3, -0.25) is 4.79 Å². The number of aliphatic hydroxyl groups is 1. The van der Waals surface area contributed by atoms with Crippen LogP contribution in [-0.2, 0) is 0 Å². The van der Waals surface area contributed by atoms with E-state index in [-0.39, 0.29) is 12.5 Å². The van der Waals surface area contributed by atoms with Crippen LogP contribution >= 0.6 is 11.6 Å². The van der Waals surface area contributed by atoms with E-state index in [1.165, 1.54) is 0 Å². The van der Waals surface area contributed by atoms with Crippen LogP contribution in [0.5, 0.6) is 0 Å². The molecular formula is C13H18ClNO2. The zero-order chi connectivity index (χ0) is 12.9. The monoisotopic (exact) mass is 255 g/mol. The average molecular weight is 256 g/mol. The zero-order valence-electron chi connectivity index (χ0n) is 10.2. The van der Waals surface area contributed by atoms with E-state index < -0.39 is 5.54 Å². The fraction of sp³-hybridized carbons (Fsp3) is 0.462. The van der Waals surface area contributed by atoms with Crippen molar-refractivity contribution in [3.63, 3.8) is 0 Å². The van der Waals surface area contributed by atoms with Crippen molar-refractivity contribution >= 4 is 17.5 Å². The normalized spacial score (nSPS) is 11.3. The average Bonchev–Trinajstić information content (AvgIpc) is 2.36. The number of halogens is 1. The number of carbonyl (C=O) groups is 1. The molecule has 0 fully saturated rings. The molecule has 4 heteroatoms. The van der Waals surface area contributed by atoms with Crippen LogP contribution in [0.3, 0.4) is 0 Å². The van der Waals surface area contributed by atoms with Gasteiger partial charge in [0.2, 0.25) is 0 Å². The van der Waals surface area contributed by atoms with Crippen LogP contribution in [0.25, 0.3) is 0 Å². The molecular weight excluding hydrogens is 238 g/mol. The van der Waals surface area contributed by atoms with Gasteiger partial charge in [0.1, 0.15) is 0 Å². The predicted molar refractivity (Wildman–Crippen MR) is 69.3 cm³/mol. The van der Waals surface area contributed by atoms with Crippen LogP contribution in [0.15, 0.2) is 24.3 Å². The summed E-state index contributed by atoms with van der Waals surface area (Å²) in [4.78, 5) is 12.1. The summed E-state index contributed by atoms with van der Waals surface area (Å²) in [7, 11) is 0. The molecule has 0 aliphatic carbocycles. The van der Waals surface area contributed by atoms with Crippen molar-refractivity contribution in [3.05, 3.63) is 34.9 Å². The Balaban J connectivity index is 2.89. The molecule has 0 radical (unpaired) electrons. The van der Waals surface area contributed by atoms with Gasteiger partial charge in [0.15, 0.2) is 0 Å². The van der Waals surface area contributed by atoms with Gasteiger partial charge in [0.25, 0.3) is 5.91 Å². The number of carbonyl (C=O) groups excluding carboxylic acids is 1. The lowest BCUT2D eigenvalue weighted by Crippen LogP contribution is -2.50. The van der Waals surface area contributed by atoms with Crippen molar-refractivity contribution in [2.45, 2.75) is 32.2 Å². The van der Waals surface area contributed by atoms with E-state index in [0.717, 1.165) is 0 Å². The minimum absolute atomic E-state index is 0.0732. The second-order valence-corrected chi connectivity index (χ2v) is 4.49. The largest absolute Gasteiger partial charge is 0.394 e. The molecule has 1 aromatic carbocycles. The molecule has 0 aliphatic heterocycles. The van der Waals surface area contributed by atoms with Crippen LogP contribution < -0.4 is 5.32 Å². The first-order chi connectivity index (χ1) is 8.08. The Morgan fingerprint density at radius 3 is 2.41 bits per heavy atom. The number of aliphatic hydroxyl groups excluding tert-OH is 1. The second kappa shape index (κ2) is 6.03. The fourth-order valence-electron chi connectivity index (χ4n) is 1.64. The Bertz CT molecular complexity index is 380. The predicted octanol–water partition coefficient (Wildman–Crippen LogP) is 2.62. The lowest BCUT2D eigenvalue weighted by molar-refractivity contribution is 0.0818. The minimum atomic E-state index is -0.559. The van der Waals surface area contributed by atoms with Crippen LogP contribution in [0.1, 0.15) is 37.0 Å². The maximum atomic E-state index is 12.1. The van der Waals surface area contributed by atoms with Gasteiger partial charge in [-0.15, -0.1) is 0 Å². The van der Waals surface area contributed by atoms with E-state index in [4.69, 9.17) is 11.6 Å². The number of hydrogen-bond donors (Lipinski definition) is 2. The molecule has 1 amide bonds. The summed E-state index contributed by atoms with van der Waals surface area (Å²) in [5, 5.41) is 12.7. The van der Waals surface area contributed by atoms with Crippen molar-refractivity contribution in [2.24, 2.45) is 0 Å². The highest BCUT2D eigenvalue weighted by Crippen LogP contribution is 2.19. The Morgan fingerprint density at radius 1 is 1.35 bits per heavy atom. The van der Waals surface area contributed by atoms with Gasteiger partial charge in [0, 0.05) is 0 Å². The summed E-state index contributed by atoms with van der Waals surface area (Å²) in [6, 6.07) is 6.89. The highest BCUT2D eigenvalue weighted by atomic mass is 35.5. The van der Waals surface area contributed by atoms with E-state index in [2.05, 4.69) is 5.32 Å².